The maximum absolute atomic E-state index is 12.4. The molecule has 2 aromatic carbocycles. The first-order valence-corrected chi connectivity index (χ1v) is 9.34. The van der Waals surface area contributed by atoms with Crippen molar-refractivity contribution in [3.05, 3.63) is 77.5 Å². The Morgan fingerprint density at radius 3 is 2.45 bits per heavy atom. The third-order valence-corrected chi connectivity index (χ3v) is 4.48. The number of carbonyl (C=O) groups is 2. The fourth-order valence-corrected chi connectivity index (χ4v) is 2.82. The smallest absolute Gasteiger partial charge is 0.272 e. The van der Waals surface area contributed by atoms with Gasteiger partial charge in [0.2, 0.25) is 5.91 Å². The summed E-state index contributed by atoms with van der Waals surface area (Å²) in [5.41, 5.74) is 2.30. The van der Waals surface area contributed by atoms with E-state index in [9.17, 15) is 9.59 Å². The van der Waals surface area contributed by atoms with E-state index in [1.807, 2.05) is 54.6 Å². The molecule has 1 aromatic heterocycles. The van der Waals surface area contributed by atoms with Crippen LogP contribution < -0.4 is 15.4 Å². The second-order valence-corrected chi connectivity index (χ2v) is 6.60. The van der Waals surface area contributed by atoms with Gasteiger partial charge in [0.05, 0.1) is 7.11 Å². The highest BCUT2D eigenvalue weighted by molar-refractivity contribution is 5.95. The minimum absolute atomic E-state index is 0.123. The summed E-state index contributed by atoms with van der Waals surface area (Å²) in [6, 6.07) is 18.8. The lowest BCUT2D eigenvalue weighted by molar-refractivity contribution is -0.116. The number of anilines is 1. The third kappa shape index (κ3) is 5.68. The molecule has 2 amide bonds. The standard InChI is InChI=1S/C22H24N4O3/c1-26-20(24-21(27)13-10-16-6-4-3-5-7-16)14-19(25-26)22(28)23-15-17-8-11-18(29-2)12-9-17/h3-9,11-12,14H,10,13,15H2,1-2H3,(H,23,28)(H,24,27). The first kappa shape index (κ1) is 20.1. The van der Waals surface area contributed by atoms with Gasteiger partial charge in [-0.1, -0.05) is 42.5 Å². The molecule has 3 aromatic rings. The highest BCUT2D eigenvalue weighted by atomic mass is 16.5. The predicted molar refractivity (Wildman–Crippen MR) is 111 cm³/mol. The monoisotopic (exact) mass is 392 g/mol. The molecule has 0 saturated heterocycles. The van der Waals surface area contributed by atoms with Crippen LogP contribution in [0.1, 0.15) is 28.0 Å². The zero-order valence-electron chi connectivity index (χ0n) is 16.5. The molecule has 0 atom stereocenters. The van der Waals surface area contributed by atoms with Crippen LogP contribution in [0.5, 0.6) is 5.75 Å². The molecule has 150 valence electrons. The molecule has 0 radical (unpaired) electrons. The lowest BCUT2D eigenvalue weighted by Gasteiger charge is -2.05. The number of carbonyl (C=O) groups excluding carboxylic acids is 2. The van der Waals surface area contributed by atoms with Crippen molar-refractivity contribution in [2.45, 2.75) is 19.4 Å². The number of nitrogens with zero attached hydrogens (tertiary/aromatic N) is 2. The Bertz CT molecular complexity index is 965. The van der Waals surface area contributed by atoms with Crippen LogP contribution in [0.25, 0.3) is 0 Å². The quantitative estimate of drug-likeness (QED) is 0.617. The summed E-state index contributed by atoms with van der Waals surface area (Å²) in [6.07, 6.45) is 1.01. The van der Waals surface area contributed by atoms with E-state index < -0.39 is 0 Å². The molecule has 0 aliphatic heterocycles. The molecule has 29 heavy (non-hydrogen) atoms. The van der Waals surface area contributed by atoms with Gasteiger partial charge in [-0.3, -0.25) is 14.3 Å². The Labute approximate surface area is 169 Å². The molecule has 0 aliphatic carbocycles. The van der Waals surface area contributed by atoms with Gasteiger partial charge in [-0.2, -0.15) is 5.10 Å². The van der Waals surface area contributed by atoms with Crippen molar-refractivity contribution in [3.8, 4) is 5.75 Å². The number of aryl methyl sites for hydroxylation is 2. The molecule has 0 bridgehead atoms. The number of hydrogen-bond acceptors (Lipinski definition) is 4. The van der Waals surface area contributed by atoms with Crippen LogP contribution in [-0.4, -0.2) is 28.7 Å². The molecule has 7 heteroatoms. The van der Waals surface area contributed by atoms with Crippen molar-refractivity contribution in [1.29, 1.82) is 0 Å². The number of benzene rings is 2. The predicted octanol–water partition coefficient (Wildman–Crippen LogP) is 2.93. The second kappa shape index (κ2) is 9.54. The Morgan fingerprint density at radius 1 is 1.03 bits per heavy atom. The van der Waals surface area contributed by atoms with Gasteiger partial charge in [-0.15, -0.1) is 0 Å². The zero-order valence-corrected chi connectivity index (χ0v) is 16.5. The number of amides is 2. The fraction of sp³-hybridized carbons (Fsp3) is 0.227. The minimum Gasteiger partial charge on any atom is -0.497 e. The number of rotatable bonds is 8. The van der Waals surface area contributed by atoms with E-state index in [0.717, 1.165) is 16.9 Å². The summed E-state index contributed by atoms with van der Waals surface area (Å²) in [4.78, 5) is 24.6. The average Bonchev–Trinajstić information content (AvgIpc) is 3.12. The normalized spacial score (nSPS) is 10.4. The molecule has 0 unspecified atom stereocenters. The summed E-state index contributed by atoms with van der Waals surface area (Å²) in [6.45, 7) is 0.373. The van der Waals surface area contributed by atoms with E-state index in [1.54, 1.807) is 20.2 Å². The van der Waals surface area contributed by atoms with Gasteiger partial charge in [-0.25, -0.2) is 0 Å². The molecule has 0 saturated carbocycles. The van der Waals surface area contributed by atoms with Crippen molar-refractivity contribution < 1.29 is 14.3 Å². The number of methoxy groups -OCH3 is 1. The molecular formula is C22H24N4O3. The van der Waals surface area contributed by atoms with Crippen molar-refractivity contribution >= 4 is 17.6 Å². The van der Waals surface area contributed by atoms with Crippen LogP contribution in [0.3, 0.4) is 0 Å². The molecule has 0 fully saturated rings. The summed E-state index contributed by atoms with van der Waals surface area (Å²) >= 11 is 0. The van der Waals surface area contributed by atoms with Crippen LogP contribution >= 0.6 is 0 Å². The van der Waals surface area contributed by atoms with Crippen LogP contribution in [0.15, 0.2) is 60.7 Å². The van der Waals surface area contributed by atoms with E-state index in [4.69, 9.17) is 4.74 Å². The zero-order chi connectivity index (χ0) is 20.6. The lowest BCUT2D eigenvalue weighted by Crippen LogP contribution is -2.23. The van der Waals surface area contributed by atoms with Gasteiger partial charge in [0.1, 0.15) is 11.6 Å². The van der Waals surface area contributed by atoms with Crippen LogP contribution in [0.2, 0.25) is 0 Å². The van der Waals surface area contributed by atoms with Crippen molar-refractivity contribution in [1.82, 2.24) is 15.1 Å². The Balaban J connectivity index is 1.52. The molecule has 7 nitrogen and oxygen atoms in total. The number of ether oxygens (including phenoxy) is 1. The van der Waals surface area contributed by atoms with Crippen LogP contribution in [-0.2, 0) is 24.8 Å². The highest BCUT2D eigenvalue weighted by Crippen LogP contribution is 2.13. The Morgan fingerprint density at radius 2 is 1.76 bits per heavy atom. The third-order valence-electron chi connectivity index (χ3n) is 4.48. The van der Waals surface area contributed by atoms with Crippen LogP contribution in [0.4, 0.5) is 5.82 Å². The van der Waals surface area contributed by atoms with E-state index in [2.05, 4.69) is 15.7 Å². The molecule has 2 N–H and O–H groups in total. The van der Waals surface area contributed by atoms with Gasteiger partial charge in [-0.05, 0) is 29.7 Å². The maximum atomic E-state index is 12.4. The number of hydrogen-bond donors (Lipinski definition) is 2. The van der Waals surface area contributed by atoms with Crippen molar-refractivity contribution in [3.63, 3.8) is 0 Å². The second-order valence-electron chi connectivity index (χ2n) is 6.60. The molecule has 0 spiro atoms. The number of aromatic nitrogens is 2. The summed E-state index contributed by atoms with van der Waals surface area (Å²) in [5.74, 6) is 0.818. The Hall–Kier alpha value is -3.61. The first-order chi connectivity index (χ1) is 14.0. The average molecular weight is 392 g/mol. The highest BCUT2D eigenvalue weighted by Gasteiger charge is 2.14. The van der Waals surface area contributed by atoms with E-state index in [0.29, 0.717) is 25.2 Å². The van der Waals surface area contributed by atoms with Gasteiger partial charge in [0.25, 0.3) is 5.91 Å². The SMILES string of the molecule is COc1ccc(CNC(=O)c2cc(NC(=O)CCc3ccccc3)n(C)n2)cc1. The lowest BCUT2D eigenvalue weighted by atomic mass is 10.1. The topological polar surface area (TPSA) is 85.3 Å². The maximum Gasteiger partial charge on any atom is 0.272 e. The molecular weight excluding hydrogens is 368 g/mol. The number of nitrogens with one attached hydrogen (secondary N) is 2. The fourth-order valence-electron chi connectivity index (χ4n) is 2.82. The largest absolute Gasteiger partial charge is 0.497 e. The molecule has 0 aliphatic rings. The summed E-state index contributed by atoms with van der Waals surface area (Å²) in [7, 11) is 3.29. The minimum atomic E-state index is -0.304. The van der Waals surface area contributed by atoms with Crippen molar-refractivity contribution in [2.24, 2.45) is 7.05 Å². The molecule has 1 heterocycles. The summed E-state index contributed by atoms with van der Waals surface area (Å²) < 4.78 is 6.61. The van der Waals surface area contributed by atoms with Gasteiger partial charge >= 0.3 is 0 Å². The van der Waals surface area contributed by atoms with Gasteiger partial charge in [0, 0.05) is 26.1 Å². The van der Waals surface area contributed by atoms with Gasteiger partial charge in [0.15, 0.2) is 5.69 Å². The van der Waals surface area contributed by atoms with E-state index in [-0.39, 0.29) is 17.5 Å². The molecule has 3 rings (SSSR count). The summed E-state index contributed by atoms with van der Waals surface area (Å²) in [5, 5.41) is 9.83. The van der Waals surface area contributed by atoms with E-state index in [1.165, 1.54) is 4.68 Å². The van der Waals surface area contributed by atoms with Crippen LogP contribution in [0, 0.1) is 0 Å². The Kier molecular flexibility index (Phi) is 6.63. The van der Waals surface area contributed by atoms with Gasteiger partial charge < -0.3 is 15.4 Å². The first-order valence-electron chi connectivity index (χ1n) is 9.34. The van der Waals surface area contributed by atoms with Crippen molar-refractivity contribution in [2.75, 3.05) is 12.4 Å². The van der Waals surface area contributed by atoms with E-state index >= 15 is 0 Å².